The van der Waals surface area contributed by atoms with Crippen molar-refractivity contribution in [3.63, 3.8) is 0 Å². The van der Waals surface area contributed by atoms with E-state index in [-0.39, 0.29) is 12.8 Å². The molecule has 0 bridgehead atoms. The largest absolute Gasteiger partial charge is 0.473 e. The Hall–Kier alpha value is -2.49. The monoisotopic (exact) mass is 298 g/mol. The first-order valence-corrected chi connectivity index (χ1v) is 7.43. The second kappa shape index (κ2) is 7.50. The van der Waals surface area contributed by atoms with Crippen LogP contribution in [-0.4, -0.2) is 12.8 Å². The van der Waals surface area contributed by atoms with Crippen LogP contribution in [-0.2, 0) is 6.42 Å². The smallest absolute Gasteiger partial charge is 0.321 e. The fourth-order valence-electron chi connectivity index (χ4n) is 2.26. The van der Waals surface area contributed by atoms with Gasteiger partial charge in [-0.3, -0.25) is 0 Å². The number of benzene rings is 2. The van der Waals surface area contributed by atoms with Gasteiger partial charge in [0.15, 0.2) is 6.73 Å². The molecular weight excluding hydrogens is 276 g/mol. The normalized spacial score (nSPS) is 10.1. The van der Waals surface area contributed by atoms with E-state index in [0.29, 0.717) is 0 Å². The topological polar surface area (TPSA) is 50.4 Å². The number of urea groups is 1. The molecule has 2 aromatic carbocycles. The number of ether oxygens (including phenoxy) is 1. The molecule has 0 atom stereocenters. The van der Waals surface area contributed by atoms with Crippen molar-refractivity contribution < 1.29 is 9.53 Å². The van der Waals surface area contributed by atoms with Crippen LogP contribution in [0.4, 0.5) is 10.5 Å². The number of carbonyl (C=O) groups excluding carboxylic acids is 1. The van der Waals surface area contributed by atoms with Crippen molar-refractivity contribution in [2.75, 3.05) is 12.0 Å². The van der Waals surface area contributed by atoms with Crippen molar-refractivity contribution in [3.05, 3.63) is 59.2 Å². The highest BCUT2D eigenvalue weighted by Gasteiger charge is 2.05. The second-order valence-electron chi connectivity index (χ2n) is 5.20. The number of hydrogen-bond acceptors (Lipinski definition) is 2. The molecule has 2 N–H and O–H groups in total. The Morgan fingerprint density at radius 2 is 1.91 bits per heavy atom. The summed E-state index contributed by atoms with van der Waals surface area (Å²) in [5.74, 6) is 0.778. The van der Waals surface area contributed by atoms with E-state index in [9.17, 15) is 4.79 Å². The lowest BCUT2D eigenvalue weighted by atomic mass is 10.1. The van der Waals surface area contributed by atoms with Crippen molar-refractivity contribution in [3.8, 4) is 5.75 Å². The predicted molar refractivity (Wildman–Crippen MR) is 89.4 cm³/mol. The molecule has 0 saturated carbocycles. The molecule has 0 aliphatic rings. The zero-order chi connectivity index (χ0) is 15.9. The van der Waals surface area contributed by atoms with Crippen molar-refractivity contribution in [1.29, 1.82) is 0 Å². The summed E-state index contributed by atoms with van der Waals surface area (Å²) in [6.45, 7) is 6.21. The van der Waals surface area contributed by atoms with Gasteiger partial charge in [0, 0.05) is 5.69 Å². The summed E-state index contributed by atoms with van der Waals surface area (Å²) in [5.41, 5.74) is 4.17. The van der Waals surface area contributed by atoms with Crippen LogP contribution in [0, 0.1) is 13.8 Å². The molecule has 4 heteroatoms. The summed E-state index contributed by atoms with van der Waals surface area (Å²) in [6.07, 6.45) is 0.871. The molecule has 22 heavy (non-hydrogen) atoms. The van der Waals surface area contributed by atoms with Crippen LogP contribution >= 0.6 is 0 Å². The lowest BCUT2D eigenvalue weighted by Crippen LogP contribution is -2.32. The Bertz CT molecular complexity index is 653. The van der Waals surface area contributed by atoms with Gasteiger partial charge >= 0.3 is 6.03 Å². The number of amides is 2. The quantitative estimate of drug-likeness (QED) is 0.819. The van der Waals surface area contributed by atoms with Gasteiger partial charge in [-0.15, -0.1) is 0 Å². The number of nitrogens with one attached hydrogen (secondary N) is 2. The highest BCUT2D eigenvalue weighted by atomic mass is 16.5. The molecule has 0 radical (unpaired) electrons. The van der Waals surface area contributed by atoms with Crippen molar-refractivity contribution in [2.24, 2.45) is 0 Å². The average Bonchev–Trinajstić information content (AvgIpc) is 2.50. The SMILES string of the molecule is CCc1ccccc1NC(=O)NCOc1ccc(C)cc1C. The third-order valence-corrected chi connectivity index (χ3v) is 3.44. The van der Waals surface area contributed by atoms with E-state index in [1.54, 1.807) is 0 Å². The Kier molecular flexibility index (Phi) is 5.42. The van der Waals surface area contributed by atoms with E-state index >= 15 is 0 Å². The fraction of sp³-hybridized carbons (Fsp3) is 0.278. The van der Waals surface area contributed by atoms with Gasteiger partial charge in [-0.1, -0.05) is 42.8 Å². The van der Waals surface area contributed by atoms with E-state index in [4.69, 9.17) is 4.74 Å². The van der Waals surface area contributed by atoms with Crippen LogP contribution in [0.15, 0.2) is 42.5 Å². The van der Waals surface area contributed by atoms with Crippen LogP contribution in [0.5, 0.6) is 5.75 Å². The third-order valence-electron chi connectivity index (χ3n) is 3.44. The van der Waals surface area contributed by atoms with E-state index in [1.807, 2.05) is 56.3 Å². The predicted octanol–water partition coefficient (Wildman–Crippen LogP) is 4.02. The first kappa shape index (κ1) is 15.9. The lowest BCUT2D eigenvalue weighted by Gasteiger charge is -2.13. The van der Waals surface area contributed by atoms with Crippen molar-refractivity contribution >= 4 is 11.7 Å². The molecule has 2 aromatic rings. The minimum absolute atomic E-state index is 0.129. The minimum atomic E-state index is -0.273. The van der Waals surface area contributed by atoms with Gasteiger partial charge in [0.05, 0.1) is 0 Å². The van der Waals surface area contributed by atoms with Gasteiger partial charge in [0.25, 0.3) is 0 Å². The number of para-hydroxylation sites is 1. The Morgan fingerprint density at radius 3 is 2.64 bits per heavy atom. The fourth-order valence-corrected chi connectivity index (χ4v) is 2.26. The van der Waals surface area contributed by atoms with Crippen LogP contribution < -0.4 is 15.4 Å². The maximum atomic E-state index is 11.9. The Morgan fingerprint density at radius 1 is 1.14 bits per heavy atom. The highest BCUT2D eigenvalue weighted by Crippen LogP contribution is 2.18. The number of aryl methyl sites for hydroxylation is 3. The summed E-state index contributed by atoms with van der Waals surface area (Å²) in [5, 5.41) is 5.54. The lowest BCUT2D eigenvalue weighted by molar-refractivity contribution is 0.234. The van der Waals surface area contributed by atoms with Crippen LogP contribution in [0.25, 0.3) is 0 Å². The van der Waals surface area contributed by atoms with Crippen molar-refractivity contribution in [1.82, 2.24) is 5.32 Å². The average molecular weight is 298 g/mol. The summed E-state index contributed by atoms with van der Waals surface area (Å²) in [6, 6.07) is 13.4. The van der Waals surface area contributed by atoms with Gasteiger partial charge in [-0.05, 0) is 43.5 Å². The van der Waals surface area contributed by atoms with E-state index < -0.39 is 0 Å². The number of rotatable bonds is 5. The molecule has 0 aliphatic heterocycles. The first-order valence-electron chi connectivity index (χ1n) is 7.43. The standard InChI is InChI=1S/C18H22N2O2/c1-4-15-7-5-6-8-16(15)20-18(21)19-12-22-17-10-9-13(2)11-14(17)3/h5-11H,4,12H2,1-3H3,(H2,19,20,21). The number of hydrogen-bond donors (Lipinski definition) is 2. The minimum Gasteiger partial charge on any atom is -0.473 e. The van der Waals surface area contributed by atoms with Gasteiger partial charge < -0.3 is 15.4 Å². The molecule has 4 nitrogen and oxygen atoms in total. The van der Waals surface area contributed by atoms with Gasteiger partial charge in [-0.25, -0.2) is 4.79 Å². The Balaban J connectivity index is 1.85. The van der Waals surface area contributed by atoms with Crippen LogP contribution in [0.3, 0.4) is 0 Å². The van der Waals surface area contributed by atoms with Gasteiger partial charge in [0.1, 0.15) is 5.75 Å². The molecule has 0 unspecified atom stereocenters. The zero-order valence-electron chi connectivity index (χ0n) is 13.3. The van der Waals surface area contributed by atoms with Crippen molar-refractivity contribution in [2.45, 2.75) is 27.2 Å². The first-order chi connectivity index (χ1) is 10.6. The van der Waals surface area contributed by atoms with E-state index in [1.165, 1.54) is 5.56 Å². The molecule has 0 saturated heterocycles. The molecule has 116 valence electrons. The van der Waals surface area contributed by atoms with E-state index in [2.05, 4.69) is 17.6 Å². The molecule has 0 aromatic heterocycles. The molecule has 0 heterocycles. The number of carbonyl (C=O) groups is 1. The molecule has 2 rings (SSSR count). The van der Waals surface area contributed by atoms with Crippen LogP contribution in [0.2, 0.25) is 0 Å². The maximum absolute atomic E-state index is 11.9. The van der Waals surface area contributed by atoms with E-state index in [0.717, 1.165) is 29.0 Å². The van der Waals surface area contributed by atoms with Gasteiger partial charge in [0.2, 0.25) is 0 Å². The molecule has 0 spiro atoms. The number of anilines is 1. The Labute approximate surface area is 131 Å². The summed E-state index contributed by atoms with van der Waals surface area (Å²) < 4.78 is 5.58. The molecular formula is C18H22N2O2. The molecule has 0 aliphatic carbocycles. The third kappa shape index (κ3) is 4.25. The zero-order valence-corrected chi connectivity index (χ0v) is 13.3. The van der Waals surface area contributed by atoms with Crippen LogP contribution in [0.1, 0.15) is 23.6 Å². The molecule has 0 fully saturated rings. The summed E-state index contributed by atoms with van der Waals surface area (Å²) in [7, 11) is 0. The van der Waals surface area contributed by atoms with Gasteiger partial charge in [-0.2, -0.15) is 0 Å². The second-order valence-corrected chi connectivity index (χ2v) is 5.20. The maximum Gasteiger partial charge on any atom is 0.321 e. The summed E-state index contributed by atoms with van der Waals surface area (Å²) in [4.78, 5) is 11.9. The summed E-state index contributed by atoms with van der Waals surface area (Å²) >= 11 is 0. The highest BCUT2D eigenvalue weighted by molar-refractivity contribution is 5.89. The molecule has 2 amide bonds.